The van der Waals surface area contributed by atoms with Crippen LogP contribution in [0.3, 0.4) is 0 Å². The Morgan fingerprint density at radius 3 is 2.77 bits per heavy atom. The molecular weight excluding hydrogens is 290 g/mol. The Bertz CT molecular complexity index is 624. The minimum absolute atomic E-state index is 0.689. The third kappa shape index (κ3) is 2.66. The predicted octanol–water partition coefficient (Wildman–Crippen LogP) is 3.88. The molecule has 1 aliphatic heterocycles. The van der Waals surface area contributed by atoms with Gasteiger partial charge < -0.3 is 5.73 Å². The summed E-state index contributed by atoms with van der Waals surface area (Å²) in [6.45, 7) is 2.19. The summed E-state index contributed by atoms with van der Waals surface area (Å²) in [4.78, 5) is 8.20. The van der Waals surface area contributed by atoms with Gasteiger partial charge in [-0.25, -0.2) is 4.98 Å². The highest BCUT2D eigenvalue weighted by Gasteiger charge is 2.43. The fraction of sp³-hybridized carbons (Fsp3) is 0.500. The Morgan fingerprint density at radius 1 is 1.18 bits per heavy atom. The van der Waals surface area contributed by atoms with Gasteiger partial charge in [0.25, 0.3) is 0 Å². The molecule has 1 saturated carbocycles. The average molecular weight is 313 g/mol. The van der Waals surface area contributed by atoms with E-state index in [9.17, 15) is 0 Å². The molecule has 2 N–H and O–H groups in total. The highest BCUT2D eigenvalue weighted by molar-refractivity contribution is 7.15. The summed E-state index contributed by atoms with van der Waals surface area (Å²) >= 11 is 1.64. The Kier molecular flexibility index (Phi) is 3.89. The van der Waals surface area contributed by atoms with Crippen molar-refractivity contribution >= 4 is 16.5 Å². The second-order valence-electron chi connectivity index (χ2n) is 6.63. The largest absolute Gasteiger partial charge is 0.375 e. The highest BCUT2D eigenvalue weighted by atomic mass is 32.1. The number of rotatable bonds is 3. The molecule has 4 heteroatoms. The van der Waals surface area contributed by atoms with Crippen molar-refractivity contribution in [3.8, 4) is 0 Å². The molecule has 4 rings (SSSR count). The van der Waals surface area contributed by atoms with Gasteiger partial charge >= 0.3 is 0 Å². The van der Waals surface area contributed by atoms with Gasteiger partial charge in [-0.1, -0.05) is 43.2 Å². The fourth-order valence-corrected chi connectivity index (χ4v) is 5.13. The SMILES string of the molecule is Nc1ncc(CN2CC(c3ccccc3)C3CCCCC32)s1. The zero-order valence-electron chi connectivity index (χ0n) is 12.8. The molecule has 1 aromatic carbocycles. The van der Waals surface area contributed by atoms with Crippen LogP contribution in [0.5, 0.6) is 0 Å². The third-order valence-corrected chi connectivity index (χ3v) is 6.17. The number of nitrogens with zero attached hydrogens (tertiary/aromatic N) is 2. The van der Waals surface area contributed by atoms with Crippen LogP contribution >= 0.6 is 11.3 Å². The quantitative estimate of drug-likeness (QED) is 0.935. The lowest BCUT2D eigenvalue weighted by atomic mass is 9.77. The van der Waals surface area contributed by atoms with Gasteiger partial charge in [0.1, 0.15) is 0 Å². The molecule has 3 nitrogen and oxygen atoms in total. The third-order valence-electron chi connectivity index (χ3n) is 5.36. The minimum Gasteiger partial charge on any atom is -0.375 e. The number of nitrogen functional groups attached to an aromatic ring is 1. The summed E-state index contributed by atoms with van der Waals surface area (Å²) in [5, 5.41) is 0.689. The van der Waals surface area contributed by atoms with Crippen LogP contribution in [0, 0.1) is 5.92 Å². The molecule has 1 saturated heterocycles. The Labute approximate surface area is 136 Å². The monoisotopic (exact) mass is 313 g/mol. The van der Waals surface area contributed by atoms with E-state index in [1.165, 1.54) is 42.7 Å². The van der Waals surface area contributed by atoms with E-state index >= 15 is 0 Å². The zero-order valence-corrected chi connectivity index (χ0v) is 13.6. The van der Waals surface area contributed by atoms with Crippen LogP contribution in [-0.2, 0) is 6.54 Å². The molecule has 0 amide bonds. The van der Waals surface area contributed by atoms with Crippen molar-refractivity contribution in [2.75, 3.05) is 12.3 Å². The van der Waals surface area contributed by atoms with E-state index in [0.29, 0.717) is 11.0 Å². The molecule has 1 aromatic heterocycles. The van der Waals surface area contributed by atoms with Gasteiger partial charge in [0.15, 0.2) is 5.13 Å². The number of nitrogens with two attached hydrogens (primary N) is 1. The maximum Gasteiger partial charge on any atom is 0.180 e. The van der Waals surface area contributed by atoms with Gasteiger partial charge in [-0.2, -0.15) is 0 Å². The van der Waals surface area contributed by atoms with Gasteiger partial charge in [0.2, 0.25) is 0 Å². The summed E-state index contributed by atoms with van der Waals surface area (Å²) in [7, 11) is 0. The number of thiazole rings is 1. The van der Waals surface area contributed by atoms with Gasteiger partial charge in [-0.15, -0.1) is 11.3 Å². The Hall–Kier alpha value is -1.39. The van der Waals surface area contributed by atoms with Crippen molar-refractivity contribution in [2.45, 2.75) is 44.2 Å². The fourth-order valence-electron chi connectivity index (χ4n) is 4.42. The minimum atomic E-state index is 0.689. The number of hydrogen-bond donors (Lipinski definition) is 1. The first-order valence-corrected chi connectivity index (χ1v) is 9.12. The van der Waals surface area contributed by atoms with Crippen LogP contribution in [0.4, 0.5) is 5.13 Å². The van der Waals surface area contributed by atoms with Crippen molar-refractivity contribution in [1.82, 2.24) is 9.88 Å². The maximum atomic E-state index is 5.79. The average Bonchev–Trinajstić information content (AvgIpc) is 3.13. The number of likely N-dealkylation sites (tertiary alicyclic amines) is 1. The Balaban J connectivity index is 1.57. The summed E-state index contributed by atoms with van der Waals surface area (Å²) < 4.78 is 0. The number of benzene rings is 1. The van der Waals surface area contributed by atoms with Crippen LogP contribution in [0.1, 0.15) is 42.0 Å². The summed E-state index contributed by atoms with van der Waals surface area (Å²) in [6.07, 6.45) is 7.46. The molecule has 0 radical (unpaired) electrons. The molecule has 2 heterocycles. The number of fused-ring (bicyclic) bond motifs is 1. The van der Waals surface area contributed by atoms with Gasteiger partial charge in [0, 0.05) is 36.1 Å². The first-order valence-electron chi connectivity index (χ1n) is 8.30. The molecule has 1 aliphatic carbocycles. The smallest absolute Gasteiger partial charge is 0.180 e. The highest BCUT2D eigenvalue weighted by Crippen LogP contribution is 2.45. The van der Waals surface area contributed by atoms with E-state index in [4.69, 9.17) is 5.73 Å². The van der Waals surface area contributed by atoms with Crippen LogP contribution in [0.2, 0.25) is 0 Å². The first kappa shape index (κ1) is 14.2. The second kappa shape index (κ2) is 6.01. The van der Waals surface area contributed by atoms with Crippen molar-refractivity contribution in [3.05, 3.63) is 47.0 Å². The lowest BCUT2D eigenvalue weighted by molar-refractivity contribution is 0.176. The molecule has 2 aliphatic rings. The van der Waals surface area contributed by atoms with E-state index in [0.717, 1.165) is 18.5 Å². The second-order valence-corrected chi connectivity index (χ2v) is 7.77. The molecule has 2 fully saturated rings. The summed E-state index contributed by atoms with van der Waals surface area (Å²) in [6, 6.07) is 11.8. The van der Waals surface area contributed by atoms with Crippen LogP contribution in [0.15, 0.2) is 36.5 Å². The van der Waals surface area contributed by atoms with E-state index in [1.54, 1.807) is 11.3 Å². The number of hydrogen-bond acceptors (Lipinski definition) is 4. The molecule has 3 atom stereocenters. The number of anilines is 1. The molecule has 22 heavy (non-hydrogen) atoms. The molecule has 0 spiro atoms. The Morgan fingerprint density at radius 2 is 2.00 bits per heavy atom. The van der Waals surface area contributed by atoms with Crippen molar-refractivity contribution in [1.29, 1.82) is 0 Å². The van der Waals surface area contributed by atoms with Crippen molar-refractivity contribution in [2.24, 2.45) is 5.92 Å². The van der Waals surface area contributed by atoms with E-state index < -0.39 is 0 Å². The van der Waals surface area contributed by atoms with Gasteiger partial charge in [0.05, 0.1) is 0 Å². The van der Waals surface area contributed by atoms with E-state index in [-0.39, 0.29) is 0 Å². The van der Waals surface area contributed by atoms with Crippen LogP contribution < -0.4 is 5.73 Å². The van der Waals surface area contributed by atoms with E-state index in [1.807, 2.05) is 6.20 Å². The predicted molar refractivity (Wildman–Crippen MR) is 91.9 cm³/mol. The lowest BCUT2D eigenvalue weighted by Gasteiger charge is -2.32. The normalized spacial score (nSPS) is 28.6. The molecule has 3 unspecified atom stereocenters. The lowest BCUT2D eigenvalue weighted by Crippen LogP contribution is -2.34. The van der Waals surface area contributed by atoms with E-state index in [2.05, 4.69) is 40.2 Å². The summed E-state index contributed by atoms with van der Waals surface area (Å²) in [5.74, 6) is 1.51. The maximum absolute atomic E-state index is 5.79. The van der Waals surface area contributed by atoms with Crippen LogP contribution in [-0.4, -0.2) is 22.5 Å². The summed E-state index contributed by atoms with van der Waals surface area (Å²) in [5.41, 5.74) is 7.31. The molecular formula is C18H23N3S. The molecule has 0 bridgehead atoms. The topological polar surface area (TPSA) is 42.1 Å². The first-order chi connectivity index (χ1) is 10.8. The molecule has 116 valence electrons. The standard InChI is InChI=1S/C18H23N3S/c19-18-20-10-14(22-18)11-21-12-16(13-6-2-1-3-7-13)15-8-4-5-9-17(15)21/h1-3,6-7,10,15-17H,4-5,8-9,11-12H2,(H2,19,20). The van der Waals surface area contributed by atoms with Crippen LogP contribution in [0.25, 0.3) is 0 Å². The zero-order chi connectivity index (χ0) is 14.9. The van der Waals surface area contributed by atoms with Crippen molar-refractivity contribution < 1.29 is 0 Å². The van der Waals surface area contributed by atoms with Gasteiger partial charge in [-0.05, 0) is 24.3 Å². The van der Waals surface area contributed by atoms with Gasteiger partial charge in [-0.3, -0.25) is 4.90 Å². The molecule has 2 aromatic rings. The number of aromatic nitrogens is 1. The van der Waals surface area contributed by atoms with Crippen molar-refractivity contribution in [3.63, 3.8) is 0 Å².